The van der Waals surface area contributed by atoms with E-state index in [0.717, 1.165) is 50.1 Å². The molecule has 0 spiro atoms. The van der Waals surface area contributed by atoms with Crippen molar-refractivity contribution in [2.24, 2.45) is 0 Å². The first-order valence-corrected chi connectivity index (χ1v) is 11.6. The number of nitrogens with zero attached hydrogens (tertiary/aromatic N) is 2. The molecule has 2 fully saturated rings. The highest BCUT2D eigenvalue weighted by atomic mass is 32.2. The van der Waals surface area contributed by atoms with Crippen LogP contribution in [-0.2, 0) is 21.2 Å². The van der Waals surface area contributed by atoms with Gasteiger partial charge < -0.3 is 10.2 Å². The number of sulfonamides is 1. The van der Waals surface area contributed by atoms with Gasteiger partial charge in [0.1, 0.15) is 0 Å². The molecule has 0 saturated carbocycles. The van der Waals surface area contributed by atoms with Crippen LogP contribution in [-0.4, -0.2) is 55.8 Å². The number of amides is 1. The second-order valence-electron chi connectivity index (χ2n) is 7.99. The number of anilines is 1. The van der Waals surface area contributed by atoms with Crippen molar-refractivity contribution in [3.05, 3.63) is 23.8 Å². The number of fused-ring (bicyclic) bond motifs is 1. The monoisotopic (exact) mass is 391 g/mol. The van der Waals surface area contributed by atoms with Crippen molar-refractivity contribution in [3.8, 4) is 0 Å². The van der Waals surface area contributed by atoms with E-state index in [2.05, 4.69) is 10.2 Å². The van der Waals surface area contributed by atoms with Gasteiger partial charge in [-0.2, -0.15) is 4.31 Å². The van der Waals surface area contributed by atoms with Crippen LogP contribution in [0.3, 0.4) is 0 Å². The molecule has 0 bridgehead atoms. The maximum Gasteiger partial charge on any atom is 0.243 e. The van der Waals surface area contributed by atoms with E-state index in [0.29, 0.717) is 24.3 Å². The maximum absolute atomic E-state index is 13.4. The van der Waals surface area contributed by atoms with Gasteiger partial charge in [0.2, 0.25) is 15.9 Å². The van der Waals surface area contributed by atoms with Crippen molar-refractivity contribution >= 4 is 21.6 Å². The summed E-state index contributed by atoms with van der Waals surface area (Å²) in [7, 11) is -3.52. The van der Waals surface area contributed by atoms with Gasteiger partial charge in [0, 0.05) is 31.2 Å². The molecule has 1 unspecified atom stereocenters. The molecule has 1 amide bonds. The number of aryl methyl sites for hydroxylation is 1. The van der Waals surface area contributed by atoms with Crippen molar-refractivity contribution < 1.29 is 13.2 Å². The Bertz CT molecular complexity index is 803. The Balaban J connectivity index is 1.56. The molecule has 27 heavy (non-hydrogen) atoms. The molecule has 3 aliphatic rings. The van der Waals surface area contributed by atoms with Gasteiger partial charge >= 0.3 is 0 Å². The lowest BCUT2D eigenvalue weighted by molar-refractivity contribution is -0.116. The van der Waals surface area contributed by atoms with Crippen LogP contribution in [0.15, 0.2) is 23.1 Å². The Labute approximate surface area is 162 Å². The number of piperidine rings is 2. The van der Waals surface area contributed by atoms with Gasteiger partial charge in [-0.15, -0.1) is 0 Å². The second-order valence-corrected chi connectivity index (χ2v) is 9.88. The van der Waals surface area contributed by atoms with Crippen LogP contribution in [0.2, 0.25) is 0 Å². The molecule has 3 heterocycles. The molecule has 0 aliphatic carbocycles. The van der Waals surface area contributed by atoms with Gasteiger partial charge in [0.15, 0.2) is 0 Å². The van der Waals surface area contributed by atoms with Crippen LogP contribution < -0.4 is 5.32 Å². The van der Waals surface area contributed by atoms with Gasteiger partial charge in [-0.25, -0.2) is 8.42 Å². The van der Waals surface area contributed by atoms with Crippen molar-refractivity contribution in [1.29, 1.82) is 0 Å². The summed E-state index contributed by atoms with van der Waals surface area (Å²) in [5.41, 5.74) is 1.66. The largest absolute Gasteiger partial charge is 0.326 e. The molecule has 4 rings (SSSR count). The normalized spacial score (nSPS) is 25.0. The molecule has 1 aromatic carbocycles. The van der Waals surface area contributed by atoms with E-state index >= 15 is 0 Å². The average Bonchev–Trinajstić information content (AvgIpc) is 2.68. The zero-order chi connectivity index (χ0) is 18.9. The highest BCUT2D eigenvalue weighted by Gasteiger charge is 2.35. The first kappa shape index (κ1) is 18.9. The molecule has 0 radical (unpaired) electrons. The first-order valence-electron chi connectivity index (χ1n) is 10.2. The SMILES string of the molecule is O=C1CCc2cc(S(=O)(=O)N3CCCCC3CN3CCCCC3)ccc2N1. The fraction of sp³-hybridized carbons (Fsp3) is 0.650. The van der Waals surface area contributed by atoms with Crippen LogP contribution in [0.4, 0.5) is 5.69 Å². The highest BCUT2D eigenvalue weighted by Crippen LogP contribution is 2.30. The minimum Gasteiger partial charge on any atom is -0.326 e. The van der Waals surface area contributed by atoms with Crippen molar-refractivity contribution in [2.75, 3.05) is 31.5 Å². The summed E-state index contributed by atoms with van der Waals surface area (Å²) in [5.74, 6) is -0.00395. The molecule has 1 N–H and O–H groups in total. The number of carbonyl (C=O) groups is 1. The summed E-state index contributed by atoms with van der Waals surface area (Å²) in [6.07, 6.45) is 7.70. The third-order valence-corrected chi connectivity index (χ3v) is 8.02. The first-order chi connectivity index (χ1) is 13.0. The highest BCUT2D eigenvalue weighted by molar-refractivity contribution is 7.89. The number of nitrogens with one attached hydrogen (secondary N) is 1. The molecule has 7 heteroatoms. The van der Waals surface area contributed by atoms with Crippen LogP contribution in [0, 0.1) is 0 Å². The summed E-state index contributed by atoms with van der Waals surface area (Å²) in [6, 6.07) is 5.21. The van der Waals surface area contributed by atoms with E-state index in [-0.39, 0.29) is 11.9 Å². The second kappa shape index (κ2) is 7.89. The Hall–Kier alpha value is -1.44. The molecule has 1 atom stereocenters. The lowest BCUT2D eigenvalue weighted by atomic mass is 10.0. The fourth-order valence-corrected chi connectivity index (χ4v) is 6.30. The fourth-order valence-electron chi connectivity index (χ4n) is 4.57. The molecule has 0 aromatic heterocycles. The quantitative estimate of drug-likeness (QED) is 0.857. The molecule has 2 saturated heterocycles. The molecule has 148 valence electrons. The van der Waals surface area contributed by atoms with Gasteiger partial charge in [-0.3, -0.25) is 4.79 Å². The van der Waals surface area contributed by atoms with Crippen LogP contribution >= 0.6 is 0 Å². The van der Waals surface area contributed by atoms with Gasteiger partial charge in [0.05, 0.1) is 4.90 Å². The minimum atomic E-state index is -3.52. The lowest BCUT2D eigenvalue weighted by Crippen LogP contribution is -2.50. The van der Waals surface area contributed by atoms with Crippen LogP contribution in [0.5, 0.6) is 0 Å². The Kier molecular flexibility index (Phi) is 5.53. The molecular weight excluding hydrogens is 362 g/mol. The Morgan fingerprint density at radius 1 is 1.00 bits per heavy atom. The van der Waals surface area contributed by atoms with Crippen molar-refractivity contribution in [2.45, 2.75) is 62.3 Å². The predicted molar refractivity (Wildman–Crippen MR) is 105 cm³/mol. The topological polar surface area (TPSA) is 69.7 Å². The van der Waals surface area contributed by atoms with Gasteiger partial charge in [-0.1, -0.05) is 12.8 Å². The molecular formula is C20H29N3O3S. The van der Waals surface area contributed by atoms with E-state index in [1.165, 1.54) is 19.3 Å². The number of likely N-dealkylation sites (tertiary alicyclic amines) is 1. The minimum absolute atomic E-state index is 0.00395. The summed E-state index contributed by atoms with van der Waals surface area (Å²) in [5, 5.41) is 2.83. The average molecular weight is 392 g/mol. The third kappa shape index (κ3) is 4.05. The van der Waals surface area contributed by atoms with E-state index in [9.17, 15) is 13.2 Å². The summed E-state index contributed by atoms with van der Waals surface area (Å²) < 4.78 is 28.6. The smallest absolute Gasteiger partial charge is 0.243 e. The zero-order valence-electron chi connectivity index (χ0n) is 15.8. The third-order valence-electron chi connectivity index (χ3n) is 6.07. The number of benzene rings is 1. The van der Waals surface area contributed by atoms with Crippen LogP contribution in [0.25, 0.3) is 0 Å². The van der Waals surface area contributed by atoms with E-state index in [4.69, 9.17) is 0 Å². The molecule has 1 aromatic rings. The van der Waals surface area contributed by atoms with E-state index in [1.807, 2.05) is 0 Å². The summed E-state index contributed by atoms with van der Waals surface area (Å²) >= 11 is 0. The maximum atomic E-state index is 13.4. The Morgan fingerprint density at radius 2 is 1.78 bits per heavy atom. The number of rotatable bonds is 4. The number of carbonyl (C=O) groups excluding carboxylic acids is 1. The van der Waals surface area contributed by atoms with Crippen LogP contribution in [0.1, 0.15) is 50.5 Å². The zero-order valence-corrected chi connectivity index (χ0v) is 16.6. The molecule has 6 nitrogen and oxygen atoms in total. The number of hydrogen-bond acceptors (Lipinski definition) is 4. The van der Waals surface area contributed by atoms with Gasteiger partial charge in [-0.05, 0) is 69.0 Å². The van der Waals surface area contributed by atoms with Crippen molar-refractivity contribution in [3.63, 3.8) is 0 Å². The van der Waals surface area contributed by atoms with Gasteiger partial charge in [0.25, 0.3) is 0 Å². The molecule has 3 aliphatic heterocycles. The lowest BCUT2D eigenvalue weighted by Gasteiger charge is -2.39. The summed E-state index contributed by atoms with van der Waals surface area (Å²) in [6.45, 7) is 3.63. The summed E-state index contributed by atoms with van der Waals surface area (Å²) in [4.78, 5) is 14.3. The number of hydrogen-bond donors (Lipinski definition) is 1. The Morgan fingerprint density at radius 3 is 2.59 bits per heavy atom. The van der Waals surface area contributed by atoms with E-state index in [1.54, 1.807) is 22.5 Å². The van der Waals surface area contributed by atoms with Crippen molar-refractivity contribution in [1.82, 2.24) is 9.21 Å². The predicted octanol–water partition coefficient (Wildman–Crippen LogP) is 2.60. The van der Waals surface area contributed by atoms with E-state index < -0.39 is 10.0 Å². The standard InChI is InChI=1S/C20H29N3O3S/c24-20-10-7-16-14-18(8-9-19(16)21-20)27(25,26)23-13-5-2-6-17(23)15-22-11-3-1-4-12-22/h8-9,14,17H,1-7,10-13,15H2,(H,21,24).